The minimum absolute atomic E-state index is 0.339. The summed E-state index contributed by atoms with van der Waals surface area (Å²) in [5.41, 5.74) is 0. The lowest BCUT2D eigenvalue weighted by Crippen LogP contribution is -2.30. The second-order valence-electron chi connectivity index (χ2n) is 5.18. The monoisotopic (exact) mass is 257 g/mol. The van der Waals surface area contributed by atoms with Gasteiger partial charge in [0.2, 0.25) is 0 Å². The van der Waals surface area contributed by atoms with Gasteiger partial charge in [-0.3, -0.25) is 4.79 Å². The van der Waals surface area contributed by atoms with Crippen molar-refractivity contribution in [2.45, 2.75) is 32.1 Å². The molecule has 0 aliphatic carbocycles. The van der Waals surface area contributed by atoms with E-state index in [1.807, 2.05) is 0 Å². The van der Waals surface area contributed by atoms with Crippen molar-refractivity contribution >= 4 is 5.78 Å². The van der Waals surface area contributed by atoms with Crippen LogP contribution in [-0.2, 0) is 14.3 Å². The van der Waals surface area contributed by atoms with Crippen molar-refractivity contribution in [1.82, 2.24) is 4.90 Å². The number of hydrogen-bond acceptors (Lipinski definition) is 4. The van der Waals surface area contributed by atoms with Crippen LogP contribution in [0.2, 0.25) is 0 Å². The highest BCUT2D eigenvalue weighted by molar-refractivity contribution is 5.78. The minimum atomic E-state index is 0.339. The van der Waals surface area contributed by atoms with Crippen LogP contribution in [0.15, 0.2) is 0 Å². The van der Waals surface area contributed by atoms with Crippen LogP contribution in [-0.4, -0.2) is 57.8 Å². The molecule has 4 heteroatoms. The van der Waals surface area contributed by atoms with Gasteiger partial charge in [-0.2, -0.15) is 0 Å². The zero-order chi connectivity index (χ0) is 13.2. The molecule has 1 rings (SSSR count). The minimum Gasteiger partial charge on any atom is -0.382 e. The summed E-state index contributed by atoms with van der Waals surface area (Å²) in [7, 11) is 3.81. The van der Waals surface area contributed by atoms with Gasteiger partial charge in [0.25, 0.3) is 0 Å². The first-order valence-electron chi connectivity index (χ1n) is 6.99. The largest absolute Gasteiger partial charge is 0.382 e. The standard InChI is InChI=1S/C14H27NO3/c1-15-8-5-13(6-9-15)3-4-14(16)7-10-18-12-11-17-2/h13H,3-12H2,1-2H3. The molecular weight excluding hydrogens is 230 g/mol. The second-order valence-corrected chi connectivity index (χ2v) is 5.18. The van der Waals surface area contributed by atoms with E-state index in [2.05, 4.69) is 11.9 Å². The summed E-state index contributed by atoms with van der Waals surface area (Å²) in [6.07, 6.45) is 4.82. The molecule has 1 aliphatic rings. The number of ether oxygens (including phenoxy) is 2. The SMILES string of the molecule is COCCOCCC(=O)CCC1CCN(C)CC1. The summed E-state index contributed by atoms with van der Waals surface area (Å²) in [5, 5.41) is 0. The number of rotatable bonds is 9. The zero-order valence-corrected chi connectivity index (χ0v) is 11.8. The Morgan fingerprint density at radius 3 is 2.56 bits per heavy atom. The van der Waals surface area contributed by atoms with Crippen molar-refractivity contribution in [2.24, 2.45) is 5.92 Å². The Kier molecular flexibility index (Phi) is 8.22. The topological polar surface area (TPSA) is 38.8 Å². The normalized spacial score (nSPS) is 18.1. The lowest BCUT2D eigenvalue weighted by Gasteiger charge is -2.28. The van der Waals surface area contributed by atoms with Crippen molar-refractivity contribution in [3.05, 3.63) is 0 Å². The fraction of sp³-hybridized carbons (Fsp3) is 0.929. The van der Waals surface area contributed by atoms with Crippen LogP contribution in [0.5, 0.6) is 0 Å². The predicted molar refractivity (Wildman–Crippen MR) is 71.8 cm³/mol. The van der Waals surface area contributed by atoms with Crippen molar-refractivity contribution < 1.29 is 14.3 Å². The molecule has 0 amide bonds. The fourth-order valence-electron chi connectivity index (χ4n) is 2.27. The number of carbonyl (C=O) groups excluding carboxylic acids is 1. The maximum Gasteiger partial charge on any atom is 0.135 e. The summed E-state index contributed by atoms with van der Waals surface area (Å²) in [6, 6.07) is 0. The summed E-state index contributed by atoms with van der Waals surface area (Å²) in [5.74, 6) is 1.09. The molecule has 0 atom stereocenters. The molecule has 0 aromatic carbocycles. The molecule has 0 aromatic heterocycles. The number of carbonyl (C=O) groups is 1. The number of methoxy groups -OCH3 is 1. The summed E-state index contributed by atoms with van der Waals surface area (Å²) >= 11 is 0. The van der Waals surface area contributed by atoms with Crippen LogP contribution in [0.25, 0.3) is 0 Å². The molecule has 1 aliphatic heterocycles. The van der Waals surface area contributed by atoms with E-state index in [0.29, 0.717) is 32.0 Å². The molecule has 0 spiro atoms. The molecule has 1 saturated heterocycles. The highest BCUT2D eigenvalue weighted by atomic mass is 16.5. The van der Waals surface area contributed by atoms with Crippen molar-refractivity contribution in [3.8, 4) is 0 Å². The average molecular weight is 257 g/mol. The van der Waals surface area contributed by atoms with Gasteiger partial charge in [0, 0.05) is 20.0 Å². The van der Waals surface area contributed by atoms with E-state index in [1.54, 1.807) is 7.11 Å². The third-order valence-electron chi connectivity index (χ3n) is 3.63. The molecule has 4 nitrogen and oxygen atoms in total. The molecule has 1 heterocycles. The molecule has 0 aromatic rings. The number of Topliss-reactive ketones (excluding diaryl/α,β-unsaturated/α-hetero) is 1. The Hall–Kier alpha value is -0.450. The van der Waals surface area contributed by atoms with Crippen LogP contribution in [0.3, 0.4) is 0 Å². The quantitative estimate of drug-likeness (QED) is 0.590. The third kappa shape index (κ3) is 7.09. The van der Waals surface area contributed by atoms with Gasteiger partial charge in [0.15, 0.2) is 0 Å². The smallest absolute Gasteiger partial charge is 0.135 e. The van der Waals surface area contributed by atoms with Crippen LogP contribution in [0, 0.1) is 5.92 Å². The molecule has 1 fully saturated rings. The molecule has 0 N–H and O–H groups in total. The van der Waals surface area contributed by atoms with Crippen molar-refractivity contribution in [1.29, 1.82) is 0 Å². The summed E-state index contributed by atoms with van der Waals surface area (Å²) in [6.45, 7) is 4.08. The number of ketones is 1. The van der Waals surface area contributed by atoms with Crippen LogP contribution in [0.4, 0.5) is 0 Å². The van der Waals surface area contributed by atoms with Gasteiger partial charge in [0.1, 0.15) is 5.78 Å². The van der Waals surface area contributed by atoms with Crippen molar-refractivity contribution in [3.63, 3.8) is 0 Å². The Morgan fingerprint density at radius 2 is 1.89 bits per heavy atom. The number of hydrogen-bond donors (Lipinski definition) is 0. The van der Waals surface area contributed by atoms with Gasteiger partial charge in [-0.25, -0.2) is 0 Å². The fourth-order valence-corrected chi connectivity index (χ4v) is 2.27. The summed E-state index contributed by atoms with van der Waals surface area (Å²) < 4.78 is 10.2. The van der Waals surface area contributed by atoms with E-state index < -0.39 is 0 Å². The highest BCUT2D eigenvalue weighted by Gasteiger charge is 2.17. The van der Waals surface area contributed by atoms with E-state index in [-0.39, 0.29) is 0 Å². The molecule has 0 saturated carbocycles. The van der Waals surface area contributed by atoms with E-state index in [0.717, 1.165) is 18.8 Å². The molecular formula is C14H27NO3. The lowest BCUT2D eigenvalue weighted by molar-refractivity contribution is -0.120. The Labute approximate surface area is 111 Å². The molecule has 18 heavy (non-hydrogen) atoms. The number of nitrogens with zero attached hydrogens (tertiary/aromatic N) is 1. The summed E-state index contributed by atoms with van der Waals surface area (Å²) in [4.78, 5) is 14.0. The molecule has 0 bridgehead atoms. The van der Waals surface area contributed by atoms with Gasteiger partial charge in [0.05, 0.1) is 19.8 Å². The zero-order valence-electron chi connectivity index (χ0n) is 11.8. The maximum absolute atomic E-state index is 11.7. The van der Waals surface area contributed by atoms with Gasteiger partial charge < -0.3 is 14.4 Å². The lowest BCUT2D eigenvalue weighted by atomic mass is 9.91. The number of likely N-dealkylation sites (tertiary alicyclic amines) is 1. The predicted octanol–water partition coefficient (Wildman–Crippen LogP) is 1.73. The first-order valence-corrected chi connectivity index (χ1v) is 6.99. The van der Waals surface area contributed by atoms with Crippen LogP contribution >= 0.6 is 0 Å². The van der Waals surface area contributed by atoms with Crippen LogP contribution < -0.4 is 0 Å². The molecule has 106 valence electrons. The van der Waals surface area contributed by atoms with Gasteiger partial charge in [-0.15, -0.1) is 0 Å². The highest BCUT2D eigenvalue weighted by Crippen LogP contribution is 2.21. The van der Waals surface area contributed by atoms with E-state index in [9.17, 15) is 4.79 Å². The van der Waals surface area contributed by atoms with Crippen molar-refractivity contribution in [2.75, 3.05) is 47.1 Å². The molecule has 0 unspecified atom stereocenters. The number of piperidine rings is 1. The Balaban J connectivity index is 1.96. The van der Waals surface area contributed by atoms with E-state index in [4.69, 9.17) is 9.47 Å². The maximum atomic E-state index is 11.7. The van der Waals surface area contributed by atoms with Gasteiger partial charge in [-0.1, -0.05) is 0 Å². The van der Waals surface area contributed by atoms with Gasteiger partial charge in [-0.05, 0) is 45.3 Å². The Bertz CT molecular complexity index is 225. The van der Waals surface area contributed by atoms with Gasteiger partial charge >= 0.3 is 0 Å². The van der Waals surface area contributed by atoms with E-state index in [1.165, 1.54) is 25.9 Å². The first-order chi connectivity index (χ1) is 8.72. The molecule has 0 radical (unpaired) electrons. The van der Waals surface area contributed by atoms with Crippen LogP contribution in [0.1, 0.15) is 32.1 Å². The average Bonchev–Trinajstić information content (AvgIpc) is 2.38. The second kappa shape index (κ2) is 9.48. The Morgan fingerprint density at radius 1 is 1.17 bits per heavy atom. The van der Waals surface area contributed by atoms with E-state index >= 15 is 0 Å². The first kappa shape index (κ1) is 15.6. The third-order valence-corrected chi connectivity index (χ3v) is 3.63.